The molecule has 33 heavy (non-hydrogen) atoms. The number of amides is 2. The van der Waals surface area contributed by atoms with Gasteiger partial charge in [-0.05, 0) is 36.4 Å². The summed E-state index contributed by atoms with van der Waals surface area (Å²) in [6.45, 7) is 4.01. The number of rotatable bonds is 6. The maximum absolute atomic E-state index is 12.6. The number of urea groups is 1. The number of para-hydroxylation sites is 2. The second-order valence-corrected chi connectivity index (χ2v) is 7.87. The smallest absolute Gasteiger partial charge is 0.338 e. The second kappa shape index (κ2) is 10.7. The maximum atomic E-state index is 12.6. The van der Waals surface area contributed by atoms with Crippen LogP contribution in [-0.2, 0) is 11.3 Å². The number of ether oxygens (including phenoxy) is 1. The average molecular weight is 445 g/mol. The van der Waals surface area contributed by atoms with Crippen molar-refractivity contribution in [2.75, 3.05) is 48.8 Å². The number of carbonyl (C=O) groups excluding carboxylic acids is 2. The van der Waals surface area contributed by atoms with E-state index in [1.807, 2.05) is 54.6 Å². The minimum Gasteiger partial charge on any atom is -0.465 e. The molecule has 1 aliphatic heterocycles. The molecule has 7 heteroatoms. The Morgan fingerprint density at radius 1 is 0.818 bits per heavy atom. The molecule has 0 spiro atoms. The third-order valence-electron chi connectivity index (χ3n) is 5.74. The number of benzene rings is 3. The molecule has 3 aromatic rings. The summed E-state index contributed by atoms with van der Waals surface area (Å²) in [5, 5.41) is 5.73. The van der Waals surface area contributed by atoms with Gasteiger partial charge in [-0.15, -0.1) is 0 Å². The molecule has 0 bridgehead atoms. The molecule has 0 aromatic heterocycles. The first kappa shape index (κ1) is 22.4. The van der Waals surface area contributed by atoms with E-state index >= 15 is 0 Å². The van der Waals surface area contributed by atoms with Gasteiger partial charge in [0.05, 0.1) is 12.7 Å². The van der Waals surface area contributed by atoms with Crippen LogP contribution in [0.4, 0.5) is 21.9 Å². The molecule has 3 aromatic carbocycles. The number of hydrogen-bond acceptors (Lipinski definition) is 5. The Kier molecular flexibility index (Phi) is 7.22. The summed E-state index contributed by atoms with van der Waals surface area (Å²) in [5.74, 6) is -0.417. The first-order valence-electron chi connectivity index (χ1n) is 11.0. The number of esters is 1. The summed E-state index contributed by atoms with van der Waals surface area (Å²) in [6.07, 6.45) is 0. The van der Waals surface area contributed by atoms with Gasteiger partial charge in [0.25, 0.3) is 0 Å². The van der Waals surface area contributed by atoms with Crippen molar-refractivity contribution in [3.8, 4) is 0 Å². The SMILES string of the molecule is COC(=O)c1cccc(NC(=O)Nc2ccccc2)c1CN1CCN(c2ccccc2)CC1. The van der Waals surface area contributed by atoms with E-state index in [1.54, 1.807) is 12.1 Å². The van der Waals surface area contributed by atoms with Crippen molar-refractivity contribution in [2.24, 2.45) is 0 Å². The van der Waals surface area contributed by atoms with Gasteiger partial charge in [0.15, 0.2) is 0 Å². The Bertz CT molecular complexity index is 1080. The summed E-state index contributed by atoms with van der Waals surface area (Å²) >= 11 is 0. The molecule has 1 heterocycles. The lowest BCUT2D eigenvalue weighted by molar-refractivity contribution is 0.0598. The molecule has 0 atom stereocenters. The third-order valence-corrected chi connectivity index (χ3v) is 5.74. The van der Waals surface area contributed by atoms with Crippen LogP contribution in [-0.4, -0.2) is 50.2 Å². The highest BCUT2D eigenvalue weighted by Crippen LogP contribution is 2.25. The topological polar surface area (TPSA) is 73.9 Å². The third kappa shape index (κ3) is 5.70. The Labute approximate surface area is 194 Å². The minimum absolute atomic E-state index is 0.363. The molecule has 4 rings (SSSR count). The lowest BCUT2D eigenvalue weighted by atomic mass is 10.0. The van der Waals surface area contributed by atoms with Crippen molar-refractivity contribution in [3.63, 3.8) is 0 Å². The largest absolute Gasteiger partial charge is 0.465 e. The van der Waals surface area contributed by atoms with Gasteiger partial charge in [-0.25, -0.2) is 9.59 Å². The van der Waals surface area contributed by atoms with E-state index < -0.39 is 5.97 Å². The van der Waals surface area contributed by atoms with E-state index in [1.165, 1.54) is 12.8 Å². The van der Waals surface area contributed by atoms with Crippen LogP contribution in [0, 0.1) is 0 Å². The molecular weight excluding hydrogens is 416 g/mol. The number of carbonyl (C=O) groups is 2. The molecule has 0 radical (unpaired) electrons. The highest BCUT2D eigenvalue weighted by atomic mass is 16.5. The number of anilines is 3. The first-order valence-corrected chi connectivity index (χ1v) is 11.0. The molecule has 0 saturated carbocycles. The molecule has 7 nitrogen and oxygen atoms in total. The lowest BCUT2D eigenvalue weighted by Crippen LogP contribution is -2.46. The Hall–Kier alpha value is -3.84. The Morgan fingerprint density at radius 2 is 1.48 bits per heavy atom. The molecule has 2 amide bonds. The Balaban J connectivity index is 1.48. The fraction of sp³-hybridized carbons (Fsp3) is 0.231. The molecule has 1 fully saturated rings. The van der Waals surface area contributed by atoms with E-state index in [2.05, 4.69) is 32.6 Å². The van der Waals surface area contributed by atoms with E-state index in [9.17, 15) is 9.59 Å². The number of nitrogens with zero attached hydrogens (tertiary/aromatic N) is 2. The van der Waals surface area contributed by atoms with Crippen LogP contribution in [0.2, 0.25) is 0 Å². The predicted molar refractivity (Wildman–Crippen MR) is 131 cm³/mol. The zero-order valence-corrected chi connectivity index (χ0v) is 18.7. The summed E-state index contributed by atoms with van der Waals surface area (Å²) in [4.78, 5) is 29.7. The summed E-state index contributed by atoms with van der Waals surface area (Å²) < 4.78 is 5.00. The molecule has 2 N–H and O–H groups in total. The quantitative estimate of drug-likeness (QED) is 0.550. The summed E-state index contributed by atoms with van der Waals surface area (Å²) in [7, 11) is 1.37. The van der Waals surface area contributed by atoms with Gasteiger partial charge in [-0.3, -0.25) is 4.90 Å². The van der Waals surface area contributed by atoms with Gasteiger partial charge >= 0.3 is 12.0 Å². The number of nitrogens with one attached hydrogen (secondary N) is 2. The molecular formula is C26H28N4O3. The summed E-state index contributed by atoms with van der Waals surface area (Å²) in [6, 6.07) is 24.5. The number of hydrogen-bond donors (Lipinski definition) is 2. The van der Waals surface area contributed by atoms with Gasteiger partial charge in [0, 0.05) is 55.3 Å². The van der Waals surface area contributed by atoms with Gasteiger partial charge in [0.1, 0.15) is 0 Å². The zero-order valence-electron chi connectivity index (χ0n) is 18.7. The van der Waals surface area contributed by atoms with Gasteiger partial charge < -0.3 is 20.3 Å². The monoisotopic (exact) mass is 444 g/mol. The predicted octanol–water partition coefficient (Wildman–Crippen LogP) is 4.44. The van der Waals surface area contributed by atoms with E-state index in [4.69, 9.17) is 4.74 Å². The van der Waals surface area contributed by atoms with Crippen molar-refractivity contribution in [2.45, 2.75) is 6.54 Å². The second-order valence-electron chi connectivity index (χ2n) is 7.87. The molecule has 170 valence electrons. The van der Waals surface area contributed by atoms with E-state index in [0.717, 1.165) is 31.7 Å². The highest BCUT2D eigenvalue weighted by molar-refractivity contribution is 6.02. The highest BCUT2D eigenvalue weighted by Gasteiger charge is 2.22. The van der Waals surface area contributed by atoms with E-state index in [0.29, 0.717) is 23.5 Å². The van der Waals surface area contributed by atoms with Crippen LogP contribution in [0.5, 0.6) is 0 Å². The number of methoxy groups -OCH3 is 1. The number of piperazine rings is 1. The van der Waals surface area contributed by atoms with Crippen molar-refractivity contribution >= 4 is 29.1 Å². The summed E-state index contributed by atoms with van der Waals surface area (Å²) in [5.41, 5.74) is 3.71. The Morgan fingerprint density at radius 3 is 2.15 bits per heavy atom. The van der Waals surface area contributed by atoms with Crippen molar-refractivity contribution in [1.29, 1.82) is 0 Å². The van der Waals surface area contributed by atoms with Gasteiger partial charge in [-0.2, -0.15) is 0 Å². The van der Waals surface area contributed by atoms with E-state index in [-0.39, 0.29) is 6.03 Å². The van der Waals surface area contributed by atoms with Crippen LogP contribution < -0.4 is 15.5 Å². The van der Waals surface area contributed by atoms with Crippen LogP contribution in [0.25, 0.3) is 0 Å². The standard InChI is InChI=1S/C26H28N4O3/c1-33-25(31)22-13-8-14-24(28-26(32)27-20-9-4-2-5-10-20)23(22)19-29-15-17-30(18-16-29)21-11-6-3-7-12-21/h2-14H,15-19H2,1H3,(H2,27,28,32). The fourth-order valence-corrected chi connectivity index (χ4v) is 4.01. The van der Waals surface area contributed by atoms with Crippen LogP contribution in [0.1, 0.15) is 15.9 Å². The van der Waals surface area contributed by atoms with Crippen LogP contribution >= 0.6 is 0 Å². The van der Waals surface area contributed by atoms with Crippen LogP contribution in [0.3, 0.4) is 0 Å². The van der Waals surface area contributed by atoms with Crippen molar-refractivity contribution in [3.05, 3.63) is 90.0 Å². The zero-order chi connectivity index (χ0) is 23.0. The average Bonchev–Trinajstić information content (AvgIpc) is 2.86. The normalized spacial score (nSPS) is 13.9. The van der Waals surface area contributed by atoms with Gasteiger partial charge in [-0.1, -0.05) is 42.5 Å². The molecule has 0 aliphatic carbocycles. The maximum Gasteiger partial charge on any atom is 0.338 e. The molecule has 1 aliphatic rings. The molecule has 0 unspecified atom stereocenters. The van der Waals surface area contributed by atoms with Crippen molar-refractivity contribution < 1.29 is 14.3 Å². The van der Waals surface area contributed by atoms with Gasteiger partial charge in [0.2, 0.25) is 0 Å². The van der Waals surface area contributed by atoms with Crippen LogP contribution in [0.15, 0.2) is 78.9 Å². The minimum atomic E-state index is -0.417. The molecule has 1 saturated heterocycles. The first-order chi connectivity index (χ1) is 16.1. The van der Waals surface area contributed by atoms with Crippen molar-refractivity contribution in [1.82, 2.24) is 4.90 Å². The fourth-order valence-electron chi connectivity index (χ4n) is 4.01. The lowest BCUT2D eigenvalue weighted by Gasteiger charge is -2.36.